The topological polar surface area (TPSA) is 72.3 Å². The van der Waals surface area contributed by atoms with Gasteiger partial charge in [0.15, 0.2) is 0 Å². The third-order valence-electron chi connectivity index (χ3n) is 4.79. The molecule has 3 heterocycles. The van der Waals surface area contributed by atoms with Crippen molar-refractivity contribution >= 4 is 33.6 Å². The first-order valence-electron chi connectivity index (χ1n) is 8.56. The third kappa shape index (κ3) is 3.07. The van der Waals surface area contributed by atoms with E-state index in [0.717, 1.165) is 52.7 Å². The summed E-state index contributed by atoms with van der Waals surface area (Å²) in [6, 6.07) is 5.73. The van der Waals surface area contributed by atoms with Crippen LogP contribution in [0.15, 0.2) is 27.8 Å². The summed E-state index contributed by atoms with van der Waals surface area (Å²) >= 11 is 5.03. The lowest BCUT2D eigenvalue weighted by Gasteiger charge is -2.34. The predicted octanol–water partition coefficient (Wildman–Crippen LogP) is 2.74. The third-order valence-corrected chi connectivity index (χ3v) is 6.62. The summed E-state index contributed by atoms with van der Waals surface area (Å²) < 4.78 is 8.06. The van der Waals surface area contributed by atoms with Crippen LogP contribution in [0.3, 0.4) is 0 Å². The highest BCUT2D eigenvalue weighted by Gasteiger charge is 2.40. The van der Waals surface area contributed by atoms with Crippen LogP contribution in [0.5, 0.6) is 5.75 Å². The Kier molecular flexibility index (Phi) is 4.83. The van der Waals surface area contributed by atoms with E-state index in [-0.39, 0.29) is 17.2 Å². The highest BCUT2D eigenvalue weighted by Crippen LogP contribution is 2.40. The summed E-state index contributed by atoms with van der Waals surface area (Å²) in [7, 11) is 1.64. The molecule has 0 bridgehead atoms. The normalized spacial score (nSPS) is 22.0. The molecule has 0 radical (unpaired) electrons. The SMILES string of the molecule is COc1ccc([C@H]2Nn3c(C)nnc3S[C@H]2C(=O)N2CCCC2)cc1Br. The molecule has 1 aromatic carbocycles. The van der Waals surface area contributed by atoms with E-state index < -0.39 is 0 Å². The Morgan fingerprint density at radius 1 is 1.35 bits per heavy atom. The van der Waals surface area contributed by atoms with Gasteiger partial charge in [0.05, 0.1) is 17.6 Å². The summed E-state index contributed by atoms with van der Waals surface area (Å²) in [5.41, 5.74) is 4.46. The molecule has 0 spiro atoms. The van der Waals surface area contributed by atoms with Gasteiger partial charge in [-0.1, -0.05) is 17.8 Å². The lowest BCUT2D eigenvalue weighted by atomic mass is 10.0. The Bertz CT molecular complexity index is 837. The zero-order valence-electron chi connectivity index (χ0n) is 14.6. The van der Waals surface area contributed by atoms with Crippen molar-refractivity contribution in [2.24, 2.45) is 0 Å². The number of halogens is 1. The van der Waals surface area contributed by atoms with Crippen molar-refractivity contribution in [1.82, 2.24) is 19.8 Å². The summed E-state index contributed by atoms with van der Waals surface area (Å²) in [6.07, 6.45) is 2.15. The van der Waals surface area contributed by atoms with Crippen LogP contribution in [0.1, 0.15) is 30.3 Å². The molecule has 0 aliphatic carbocycles. The summed E-state index contributed by atoms with van der Waals surface area (Å²) in [4.78, 5) is 15.1. The lowest BCUT2D eigenvalue weighted by molar-refractivity contribution is -0.129. The van der Waals surface area contributed by atoms with E-state index in [0.29, 0.717) is 0 Å². The molecule has 1 fully saturated rings. The van der Waals surface area contributed by atoms with Crippen LogP contribution in [-0.4, -0.2) is 51.1 Å². The number of nitrogens with one attached hydrogen (secondary N) is 1. The minimum Gasteiger partial charge on any atom is -0.496 e. The predicted molar refractivity (Wildman–Crippen MR) is 103 cm³/mol. The van der Waals surface area contributed by atoms with Crippen molar-refractivity contribution in [1.29, 1.82) is 0 Å². The van der Waals surface area contributed by atoms with Gasteiger partial charge in [-0.05, 0) is 53.4 Å². The van der Waals surface area contributed by atoms with Crippen molar-refractivity contribution in [3.8, 4) is 5.75 Å². The van der Waals surface area contributed by atoms with Crippen molar-refractivity contribution in [3.05, 3.63) is 34.1 Å². The summed E-state index contributed by atoms with van der Waals surface area (Å²) in [5.74, 6) is 1.70. The first kappa shape index (κ1) is 17.7. The molecular weight excluding hydrogens is 418 g/mol. The molecule has 4 rings (SSSR count). The fraction of sp³-hybridized carbons (Fsp3) is 0.471. The number of ether oxygens (including phenoxy) is 1. The molecule has 0 unspecified atom stereocenters. The quantitative estimate of drug-likeness (QED) is 0.795. The monoisotopic (exact) mass is 437 g/mol. The van der Waals surface area contributed by atoms with Crippen LogP contribution in [-0.2, 0) is 4.79 Å². The number of hydrogen-bond acceptors (Lipinski definition) is 6. The Balaban J connectivity index is 1.71. The van der Waals surface area contributed by atoms with E-state index in [9.17, 15) is 4.79 Å². The highest BCUT2D eigenvalue weighted by atomic mass is 79.9. The van der Waals surface area contributed by atoms with Crippen LogP contribution < -0.4 is 10.2 Å². The fourth-order valence-corrected chi connectivity index (χ4v) is 5.16. The molecule has 1 amide bonds. The molecule has 138 valence electrons. The molecule has 0 saturated carbocycles. The maximum atomic E-state index is 13.2. The minimum atomic E-state index is -0.288. The Morgan fingerprint density at radius 2 is 2.12 bits per heavy atom. The van der Waals surface area contributed by atoms with Gasteiger partial charge in [0, 0.05) is 13.1 Å². The van der Waals surface area contributed by atoms with E-state index in [1.165, 1.54) is 11.8 Å². The number of thioether (sulfide) groups is 1. The lowest BCUT2D eigenvalue weighted by Crippen LogP contribution is -2.45. The maximum Gasteiger partial charge on any atom is 0.238 e. The summed E-state index contributed by atoms with van der Waals surface area (Å²) in [6.45, 7) is 3.56. The zero-order valence-corrected chi connectivity index (χ0v) is 17.0. The van der Waals surface area contributed by atoms with E-state index in [4.69, 9.17) is 4.74 Å². The van der Waals surface area contributed by atoms with Crippen molar-refractivity contribution in [2.45, 2.75) is 36.2 Å². The van der Waals surface area contributed by atoms with Gasteiger partial charge >= 0.3 is 0 Å². The number of fused-ring (bicyclic) bond motifs is 1. The number of carbonyl (C=O) groups excluding carboxylic acids is 1. The van der Waals surface area contributed by atoms with E-state index in [1.54, 1.807) is 7.11 Å². The molecule has 2 aliphatic rings. The van der Waals surface area contributed by atoms with Gasteiger partial charge in [0.25, 0.3) is 0 Å². The fourth-order valence-electron chi connectivity index (χ4n) is 3.39. The maximum absolute atomic E-state index is 13.2. The Hall–Kier alpha value is -1.74. The second-order valence-corrected chi connectivity index (χ2v) is 8.40. The van der Waals surface area contributed by atoms with Gasteiger partial charge < -0.3 is 15.1 Å². The Labute approximate surface area is 164 Å². The minimum absolute atomic E-state index is 0.156. The van der Waals surface area contributed by atoms with Gasteiger partial charge in [0.2, 0.25) is 11.1 Å². The van der Waals surface area contributed by atoms with Gasteiger partial charge in [-0.3, -0.25) is 4.79 Å². The highest BCUT2D eigenvalue weighted by molar-refractivity contribution is 9.10. The average molecular weight is 438 g/mol. The number of benzene rings is 1. The summed E-state index contributed by atoms with van der Waals surface area (Å²) in [5, 5.41) is 8.78. The molecule has 2 aromatic rings. The molecule has 1 saturated heterocycles. The van der Waals surface area contributed by atoms with Crippen molar-refractivity contribution < 1.29 is 9.53 Å². The second-order valence-electron chi connectivity index (χ2n) is 6.44. The number of methoxy groups -OCH3 is 1. The van der Waals surface area contributed by atoms with Gasteiger partial charge in [0.1, 0.15) is 16.8 Å². The number of carbonyl (C=O) groups is 1. The molecule has 1 aromatic heterocycles. The van der Waals surface area contributed by atoms with Gasteiger partial charge in [-0.2, -0.15) is 0 Å². The number of aryl methyl sites for hydroxylation is 1. The average Bonchev–Trinajstić information content (AvgIpc) is 3.30. The molecular formula is C17H20BrN5O2S. The first-order valence-corrected chi connectivity index (χ1v) is 10.2. The van der Waals surface area contributed by atoms with Gasteiger partial charge in [-0.15, -0.1) is 10.2 Å². The largest absolute Gasteiger partial charge is 0.496 e. The van der Waals surface area contributed by atoms with Crippen LogP contribution >= 0.6 is 27.7 Å². The van der Waals surface area contributed by atoms with E-state index >= 15 is 0 Å². The van der Waals surface area contributed by atoms with E-state index in [1.807, 2.05) is 34.7 Å². The van der Waals surface area contributed by atoms with Crippen molar-refractivity contribution in [2.75, 3.05) is 25.6 Å². The van der Waals surface area contributed by atoms with E-state index in [2.05, 4.69) is 31.6 Å². The van der Waals surface area contributed by atoms with Crippen LogP contribution in [0.2, 0.25) is 0 Å². The first-order chi connectivity index (χ1) is 12.6. The molecule has 26 heavy (non-hydrogen) atoms. The molecule has 9 heteroatoms. The van der Waals surface area contributed by atoms with Crippen LogP contribution in [0.4, 0.5) is 0 Å². The van der Waals surface area contributed by atoms with Gasteiger partial charge in [-0.25, -0.2) is 4.68 Å². The molecule has 2 atom stereocenters. The number of aromatic nitrogens is 3. The number of rotatable bonds is 3. The van der Waals surface area contributed by atoms with Crippen molar-refractivity contribution in [3.63, 3.8) is 0 Å². The number of nitrogens with zero attached hydrogens (tertiary/aromatic N) is 4. The number of amides is 1. The number of hydrogen-bond donors (Lipinski definition) is 1. The second kappa shape index (κ2) is 7.11. The standard InChI is InChI=1S/C17H20BrN5O2S/c1-10-19-20-17-23(10)21-14(11-5-6-13(25-2)12(18)9-11)15(26-17)16(24)22-7-3-4-8-22/h5-6,9,14-15,21H,3-4,7-8H2,1-2H3/t14-,15-/m1/s1. The van der Waals surface area contributed by atoms with Crippen LogP contribution in [0, 0.1) is 6.92 Å². The smallest absolute Gasteiger partial charge is 0.238 e. The molecule has 2 aliphatic heterocycles. The number of likely N-dealkylation sites (tertiary alicyclic amines) is 1. The van der Waals surface area contributed by atoms with Crippen LogP contribution in [0.25, 0.3) is 0 Å². The molecule has 7 nitrogen and oxygen atoms in total. The Morgan fingerprint density at radius 3 is 2.81 bits per heavy atom. The molecule has 1 N–H and O–H groups in total. The zero-order chi connectivity index (χ0) is 18.3.